The molecule has 1 aromatic rings. The Hall–Kier alpha value is -0.130. The number of nitrogens with one attached hydrogen (secondary N) is 1. The first-order valence-electron chi connectivity index (χ1n) is 5.67. The van der Waals surface area contributed by atoms with Crippen LogP contribution in [0.2, 0.25) is 5.02 Å². The number of piperazine rings is 1. The molecule has 1 saturated heterocycles. The first-order chi connectivity index (χ1) is 8.18. The van der Waals surface area contributed by atoms with Gasteiger partial charge in [0, 0.05) is 31.2 Å². The molecule has 2 rings (SSSR count). The lowest BCUT2D eigenvalue weighted by Gasteiger charge is -2.34. The van der Waals surface area contributed by atoms with Gasteiger partial charge in [-0.3, -0.25) is 4.90 Å². The highest BCUT2D eigenvalue weighted by Crippen LogP contribution is 2.29. The van der Waals surface area contributed by atoms with E-state index in [4.69, 9.17) is 11.6 Å². The van der Waals surface area contributed by atoms with E-state index >= 15 is 0 Å². The Morgan fingerprint density at radius 1 is 1.16 bits per heavy atom. The second-order valence-electron chi connectivity index (χ2n) is 4.12. The highest BCUT2D eigenvalue weighted by atomic mass is 35.5. The first-order valence-corrected chi connectivity index (χ1v) is 6.04. The molecule has 110 valence electrons. The van der Waals surface area contributed by atoms with Crippen molar-refractivity contribution in [3.05, 3.63) is 34.9 Å². The minimum Gasteiger partial charge on any atom is -0.314 e. The van der Waals surface area contributed by atoms with Crippen LogP contribution in [0.15, 0.2) is 24.3 Å². The molecule has 19 heavy (non-hydrogen) atoms. The Bertz CT molecular complexity index is 374. The molecule has 0 amide bonds. The molecule has 2 nitrogen and oxygen atoms in total. The third-order valence-electron chi connectivity index (χ3n) is 2.97. The number of benzene rings is 1. The van der Waals surface area contributed by atoms with Gasteiger partial charge in [-0.1, -0.05) is 23.7 Å². The second kappa shape index (κ2) is 8.93. The molecule has 1 fully saturated rings. The van der Waals surface area contributed by atoms with Crippen LogP contribution in [-0.2, 0) is 0 Å². The predicted octanol–water partition coefficient (Wildman–Crippen LogP) is 3.40. The summed E-state index contributed by atoms with van der Waals surface area (Å²) >= 11 is 5.86. The van der Waals surface area contributed by atoms with Gasteiger partial charge in [-0.2, -0.15) is 0 Å². The summed E-state index contributed by atoms with van der Waals surface area (Å²) in [5.41, 5.74) is 0.592. The van der Waals surface area contributed by atoms with E-state index < -0.39 is 12.5 Å². The van der Waals surface area contributed by atoms with Crippen LogP contribution in [0, 0.1) is 0 Å². The largest absolute Gasteiger partial charge is 0.314 e. The van der Waals surface area contributed by atoms with Crippen molar-refractivity contribution in [2.75, 3.05) is 26.2 Å². The van der Waals surface area contributed by atoms with E-state index in [1.54, 1.807) is 24.3 Å². The first kappa shape index (κ1) is 18.9. The van der Waals surface area contributed by atoms with Gasteiger partial charge in [0.05, 0.1) is 6.04 Å². The summed E-state index contributed by atoms with van der Waals surface area (Å²) in [6.07, 6.45) is -2.40. The minimum absolute atomic E-state index is 0. The summed E-state index contributed by atoms with van der Waals surface area (Å²) in [4.78, 5) is 1.81. The topological polar surface area (TPSA) is 15.3 Å². The van der Waals surface area contributed by atoms with Crippen LogP contribution >= 0.6 is 36.4 Å². The summed E-state index contributed by atoms with van der Waals surface area (Å²) in [5.74, 6) is 0. The van der Waals surface area contributed by atoms with Gasteiger partial charge < -0.3 is 5.32 Å². The van der Waals surface area contributed by atoms with Crippen LogP contribution in [0.4, 0.5) is 8.78 Å². The fourth-order valence-corrected chi connectivity index (χ4v) is 2.37. The molecule has 0 saturated carbocycles. The lowest BCUT2D eigenvalue weighted by molar-refractivity contribution is 0.0182. The maximum atomic E-state index is 13.2. The van der Waals surface area contributed by atoms with Crippen molar-refractivity contribution in [1.82, 2.24) is 10.2 Å². The molecule has 0 aromatic heterocycles. The molecule has 0 spiro atoms. The van der Waals surface area contributed by atoms with E-state index in [2.05, 4.69) is 5.32 Å². The number of hydrogen-bond donors (Lipinski definition) is 1. The van der Waals surface area contributed by atoms with Gasteiger partial charge in [-0.15, -0.1) is 24.8 Å². The van der Waals surface area contributed by atoms with Crippen LogP contribution in [0.5, 0.6) is 0 Å². The van der Waals surface area contributed by atoms with Crippen molar-refractivity contribution in [3.8, 4) is 0 Å². The van der Waals surface area contributed by atoms with Crippen LogP contribution in [0.25, 0.3) is 0 Å². The zero-order valence-corrected chi connectivity index (χ0v) is 12.6. The minimum atomic E-state index is -2.40. The van der Waals surface area contributed by atoms with Crippen molar-refractivity contribution in [3.63, 3.8) is 0 Å². The molecule has 0 bridgehead atoms. The zero-order chi connectivity index (χ0) is 12.3. The summed E-state index contributed by atoms with van der Waals surface area (Å²) in [7, 11) is 0. The van der Waals surface area contributed by atoms with E-state index in [-0.39, 0.29) is 24.8 Å². The second-order valence-corrected chi connectivity index (χ2v) is 4.56. The molecule has 1 atom stereocenters. The molecule has 1 aliphatic heterocycles. The Morgan fingerprint density at radius 3 is 2.32 bits per heavy atom. The lowest BCUT2D eigenvalue weighted by atomic mass is 10.1. The van der Waals surface area contributed by atoms with E-state index in [0.717, 1.165) is 13.1 Å². The molecule has 1 aliphatic rings. The lowest BCUT2D eigenvalue weighted by Crippen LogP contribution is -2.46. The summed E-state index contributed by atoms with van der Waals surface area (Å²) in [6.45, 7) is 2.79. The maximum Gasteiger partial charge on any atom is 0.258 e. The number of hydrogen-bond acceptors (Lipinski definition) is 2. The fraction of sp³-hybridized carbons (Fsp3) is 0.500. The molecule has 1 N–H and O–H groups in total. The van der Waals surface area contributed by atoms with Gasteiger partial charge >= 0.3 is 0 Å². The van der Waals surface area contributed by atoms with Crippen LogP contribution in [0.3, 0.4) is 0 Å². The van der Waals surface area contributed by atoms with E-state index in [0.29, 0.717) is 23.7 Å². The molecular formula is C12H17Cl3F2N2. The van der Waals surface area contributed by atoms with E-state index in [1.807, 2.05) is 4.90 Å². The zero-order valence-electron chi connectivity index (χ0n) is 10.2. The van der Waals surface area contributed by atoms with Gasteiger partial charge in [0.1, 0.15) is 0 Å². The highest BCUT2D eigenvalue weighted by Gasteiger charge is 2.29. The molecule has 0 aliphatic carbocycles. The van der Waals surface area contributed by atoms with Crippen molar-refractivity contribution >= 4 is 36.4 Å². The Kier molecular flexibility index (Phi) is 8.86. The van der Waals surface area contributed by atoms with Gasteiger partial charge in [-0.05, 0) is 17.7 Å². The van der Waals surface area contributed by atoms with Crippen LogP contribution < -0.4 is 5.32 Å². The number of rotatable bonds is 3. The number of halogens is 5. The monoisotopic (exact) mass is 332 g/mol. The summed E-state index contributed by atoms with van der Waals surface area (Å²) < 4.78 is 26.4. The Labute approximate surface area is 129 Å². The Balaban J connectivity index is 0.00000162. The summed E-state index contributed by atoms with van der Waals surface area (Å²) in [6, 6.07) is 5.90. The van der Waals surface area contributed by atoms with Crippen LogP contribution in [0.1, 0.15) is 11.6 Å². The smallest absolute Gasteiger partial charge is 0.258 e. The molecule has 1 aromatic carbocycles. The van der Waals surface area contributed by atoms with Gasteiger partial charge in [-0.25, -0.2) is 8.78 Å². The average Bonchev–Trinajstić information content (AvgIpc) is 2.30. The van der Waals surface area contributed by atoms with E-state index in [9.17, 15) is 8.78 Å². The van der Waals surface area contributed by atoms with Crippen LogP contribution in [-0.4, -0.2) is 37.5 Å². The number of alkyl halides is 2. The van der Waals surface area contributed by atoms with Crippen molar-refractivity contribution in [2.24, 2.45) is 0 Å². The normalized spacial score (nSPS) is 17.5. The van der Waals surface area contributed by atoms with Gasteiger partial charge in [0.15, 0.2) is 0 Å². The van der Waals surface area contributed by atoms with Crippen molar-refractivity contribution in [1.29, 1.82) is 0 Å². The highest BCUT2D eigenvalue weighted by molar-refractivity contribution is 6.30. The molecule has 7 heteroatoms. The molecule has 0 unspecified atom stereocenters. The van der Waals surface area contributed by atoms with Crippen molar-refractivity contribution < 1.29 is 8.78 Å². The molecule has 1 heterocycles. The SMILES string of the molecule is Cl.Cl.FC(F)[C@H](c1cccc(Cl)c1)N1CCNCC1. The quantitative estimate of drug-likeness (QED) is 0.912. The van der Waals surface area contributed by atoms with Gasteiger partial charge in [0.2, 0.25) is 0 Å². The maximum absolute atomic E-state index is 13.2. The Morgan fingerprint density at radius 2 is 1.79 bits per heavy atom. The van der Waals surface area contributed by atoms with E-state index in [1.165, 1.54) is 0 Å². The molecule has 0 radical (unpaired) electrons. The fourth-order valence-electron chi connectivity index (χ4n) is 2.17. The third-order valence-corrected chi connectivity index (χ3v) is 3.21. The van der Waals surface area contributed by atoms with Crippen molar-refractivity contribution in [2.45, 2.75) is 12.5 Å². The average molecular weight is 334 g/mol. The third kappa shape index (κ3) is 5.04. The predicted molar refractivity (Wildman–Crippen MR) is 79.1 cm³/mol. The van der Waals surface area contributed by atoms with Gasteiger partial charge in [0.25, 0.3) is 6.43 Å². The summed E-state index contributed by atoms with van der Waals surface area (Å²) in [5, 5.41) is 3.66. The number of nitrogens with zero attached hydrogens (tertiary/aromatic N) is 1. The molecular weight excluding hydrogens is 317 g/mol. The standard InChI is InChI=1S/C12H15ClF2N2.2ClH/c13-10-3-1-2-9(8-10)11(12(14)15)17-6-4-16-5-7-17;;/h1-3,8,11-12,16H,4-7H2;2*1H/t11-;;/m0../s1.